The Balaban J connectivity index is 1.87. The first-order chi connectivity index (χ1) is 12.9. The molecule has 146 valence electrons. The van der Waals surface area contributed by atoms with E-state index in [2.05, 4.69) is 5.32 Å². The Labute approximate surface area is 161 Å². The maximum Gasteiger partial charge on any atom is 0.225 e. The highest BCUT2D eigenvalue weighted by Gasteiger charge is 2.17. The minimum atomic E-state index is -3.38. The summed E-state index contributed by atoms with van der Waals surface area (Å²) in [6, 6.07) is 16.7. The summed E-state index contributed by atoms with van der Waals surface area (Å²) in [6.45, 7) is 2.98. The van der Waals surface area contributed by atoms with Crippen LogP contribution in [-0.4, -0.2) is 44.6 Å². The molecule has 0 aromatic heterocycles. The van der Waals surface area contributed by atoms with Crippen molar-refractivity contribution in [1.29, 1.82) is 0 Å². The topological polar surface area (TPSA) is 75.7 Å². The van der Waals surface area contributed by atoms with Gasteiger partial charge in [-0.2, -0.15) is 0 Å². The van der Waals surface area contributed by atoms with E-state index in [1.807, 2.05) is 37.3 Å². The number of hydrogen-bond acceptors (Lipinski definition) is 4. The molecule has 0 bridgehead atoms. The fraction of sp³-hybridized carbons (Fsp3) is 0.350. The number of amides is 1. The number of nitrogens with one attached hydrogen (secondary N) is 1. The SMILES string of the molecule is CCOc1ccc(NC(=O)CCN(CCc2ccccc2)S(C)(=O)=O)cc1. The largest absolute Gasteiger partial charge is 0.494 e. The molecule has 0 aliphatic rings. The summed E-state index contributed by atoms with van der Waals surface area (Å²) in [5, 5.41) is 2.78. The number of rotatable bonds is 10. The lowest BCUT2D eigenvalue weighted by Gasteiger charge is -2.19. The van der Waals surface area contributed by atoms with Crippen LogP contribution in [0.3, 0.4) is 0 Å². The number of benzene rings is 2. The average molecular weight is 391 g/mol. The minimum Gasteiger partial charge on any atom is -0.494 e. The van der Waals surface area contributed by atoms with Gasteiger partial charge in [0.05, 0.1) is 12.9 Å². The second-order valence-corrected chi connectivity index (χ2v) is 8.14. The van der Waals surface area contributed by atoms with Crippen LogP contribution in [0, 0.1) is 0 Å². The molecular formula is C20H26N2O4S. The molecule has 2 aromatic rings. The third-order valence-electron chi connectivity index (χ3n) is 4.00. The fourth-order valence-electron chi connectivity index (χ4n) is 2.59. The van der Waals surface area contributed by atoms with E-state index in [0.29, 0.717) is 25.3 Å². The number of sulfonamides is 1. The fourth-order valence-corrected chi connectivity index (χ4v) is 3.44. The van der Waals surface area contributed by atoms with Crippen LogP contribution in [0.15, 0.2) is 54.6 Å². The van der Waals surface area contributed by atoms with Crippen LogP contribution in [0.25, 0.3) is 0 Å². The van der Waals surface area contributed by atoms with Crippen molar-refractivity contribution < 1.29 is 17.9 Å². The normalized spacial score (nSPS) is 11.4. The zero-order chi connectivity index (χ0) is 19.7. The van der Waals surface area contributed by atoms with Gasteiger partial charge in [-0.15, -0.1) is 0 Å². The second kappa shape index (κ2) is 10.1. The average Bonchev–Trinajstić information content (AvgIpc) is 2.63. The molecule has 0 atom stereocenters. The number of nitrogens with zero attached hydrogens (tertiary/aromatic N) is 1. The Morgan fingerprint density at radius 3 is 2.30 bits per heavy atom. The zero-order valence-electron chi connectivity index (χ0n) is 15.7. The summed E-state index contributed by atoms with van der Waals surface area (Å²) in [7, 11) is -3.38. The van der Waals surface area contributed by atoms with E-state index >= 15 is 0 Å². The number of hydrogen-bond donors (Lipinski definition) is 1. The monoisotopic (exact) mass is 390 g/mol. The van der Waals surface area contributed by atoms with Gasteiger partial charge in [0, 0.05) is 25.2 Å². The number of carbonyl (C=O) groups is 1. The lowest BCUT2D eigenvalue weighted by molar-refractivity contribution is -0.116. The molecule has 0 aliphatic heterocycles. The maximum absolute atomic E-state index is 12.2. The quantitative estimate of drug-likeness (QED) is 0.677. The van der Waals surface area contributed by atoms with Gasteiger partial charge in [0.25, 0.3) is 0 Å². The molecule has 0 saturated carbocycles. The Bertz CT molecular complexity index is 821. The van der Waals surface area contributed by atoms with Gasteiger partial charge >= 0.3 is 0 Å². The van der Waals surface area contributed by atoms with E-state index < -0.39 is 10.0 Å². The van der Waals surface area contributed by atoms with Crippen molar-refractivity contribution in [2.24, 2.45) is 0 Å². The smallest absolute Gasteiger partial charge is 0.225 e. The zero-order valence-corrected chi connectivity index (χ0v) is 16.5. The van der Waals surface area contributed by atoms with Gasteiger partial charge in [-0.3, -0.25) is 4.79 Å². The van der Waals surface area contributed by atoms with E-state index in [4.69, 9.17) is 4.74 Å². The highest BCUT2D eigenvalue weighted by molar-refractivity contribution is 7.88. The lowest BCUT2D eigenvalue weighted by Crippen LogP contribution is -2.34. The summed E-state index contributed by atoms with van der Waals surface area (Å²) in [5.74, 6) is 0.507. The third kappa shape index (κ3) is 7.40. The van der Waals surface area contributed by atoms with Gasteiger partial charge in [0.15, 0.2) is 0 Å². The van der Waals surface area contributed by atoms with Crippen molar-refractivity contribution in [2.75, 3.05) is 31.3 Å². The number of ether oxygens (including phenoxy) is 1. The molecule has 7 heteroatoms. The van der Waals surface area contributed by atoms with E-state index in [1.54, 1.807) is 24.3 Å². The second-order valence-electron chi connectivity index (χ2n) is 6.15. The van der Waals surface area contributed by atoms with Crippen molar-refractivity contribution in [1.82, 2.24) is 4.31 Å². The van der Waals surface area contributed by atoms with Crippen molar-refractivity contribution in [3.63, 3.8) is 0 Å². The van der Waals surface area contributed by atoms with Crippen LogP contribution in [0.2, 0.25) is 0 Å². The number of anilines is 1. The molecule has 0 unspecified atom stereocenters. The summed E-state index contributed by atoms with van der Waals surface area (Å²) in [6.07, 6.45) is 1.87. The van der Waals surface area contributed by atoms with Crippen LogP contribution >= 0.6 is 0 Å². The Hall–Kier alpha value is -2.38. The molecule has 0 aliphatic carbocycles. The highest BCUT2D eigenvalue weighted by atomic mass is 32.2. The van der Waals surface area contributed by atoms with E-state index in [0.717, 1.165) is 11.3 Å². The van der Waals surface area contributed by atoms with Crippen molar-refractivity contribution in [2.45, 2.75) is 19.8 Å². The van der Waals surface area contributed by atoms with E-state index in [9.17, 15) is 13.2 Å². The van der Waals surface area contributed by atoms with Crippen LogP contribution < -0.4 is 10.1 Å². The van der Waals surface area contributed by atoms with Gasteiger partial charge in [-0.25, -0.2) is 12.7 Å². The highest BCUT2D eigenvalue weighted by Crippen LogP contribution is 2.16. The molecule has 2 rings (SSSR count). The Kier molecular flexibility index (Phi) is 7.82. The first-order valence-corrected chi connectivity index (χ1v) is 10.7. The molecule has 6 nitrogen and oxygen atoms in total. The summed E-state index contributed by atoms with van der Waals surface area (Å²) < 4.78 is 30.7. The van der Waals surface area contributed by atoms with Gasteiger partial charge in [-0.05, 0) is 43.2 Å². The van der Waals surface area contributed by atoms with Gasteiger partial charge in [0.1, 0.15) is 5.75 Å². The predicted molar refractivity (Wildman–Crippen MR) is 107 cm³/mol. The molecular weight excluding hydrogens is 364 g/mol. The summed E-state index contributed by atoms with van der Waals surface area (Å²) >= 11 is 0. The summed E-state index contributed by atoms with van der Waals surface area (Å²) in [5.41, 5.74) is 1.71. The molecule has 27 heavy (non-hydrogen) atoms. The summed E-state index contributed by atoms with van der Waals surface area (Å²) in [4.78, 5) is 12.2. The molecule has 0 saturated heterocycles. The number of carbonyl (C=O) groups excluding carboxylic acids is 1. The van der Waals surface area contributed by atoms with Crippen molar-refractivity contribution in [3.8, 4) is 5.75 Å². The van der Waals surface area contributed by atoms with E-state index in [-0.39, 0.29) is 18.9 Å². The molecule has 0 heterocycles. The maximum atomic E-state index is 12.2. The van der Waals surface area contributed by atoms with Crippen LogP contribution in [-0.2, 0) is 21.2 Å². The molecule has 1 N–H and O–H groups in total. The first-order valence-electron chi connectivity index (χ1n) is 8.90. The van der Waals surface area contributed by atoms with Crippen molar-refractivity contribution in [3.05, 3.63) is 60.2 Å². The van der Waals surface area contributed by atoms with Gasteiger partial charge < -0.3 is 10.1 Å². The first kappa shape index (κ1) is 20.9. The molecule has 0 fully saturated rings. The standard InChI is InChI=1S/C20H26N2O4S/c1-3-26-19-11-9-18(10-12-19)21-20(23)14-16-22(27(2,24)25)15-13-17-7-5-4-6-8-17/h4-12H,3,13-16H2,1-2H3,(H,21,23). The molecule has 0 spiro atoms. The van der Waals surface area contributed by atoms with Gasteiger partial charge in [-0.1, -0.05) is 30.3 Å². The van der Waals surface area contributed by atoms with Crippen LogP contribution in [0.4, 0.5) is 5.69 Å². The Morgan fingerprint density at radius 2 is 1.70 bits per heavy atom. The van der Waals surface area contributed by atoms with E-state index in [1.165, 1.54) is 10.6 Å². The van der Waals surface area contributed by atoms with Crippen LogP contribution in [0.1, 0.15) is 18.9 Å². The Morgan fingerprint density at radius 1 is 1.04 bits per heavy atom. The van der Waals surface area contributed by atoms with Crippen LogP contribution in [0.5, 0.6) is 5.75 Å². The molecule has 0 radical (unpaired) electrons. The minimum absolute atomic E-state index is 0.0923. The third-order valence-corrected chi connectivity index (χ3v) is 5.30. The van der Waals surface area contributed by atoms with Gasteiger partial charge in [0.2, 0.25) is 15.9 Å². The predicted octanol–water partition coefficient (Wildman–Crippen LogP) is 2.92. The molecule has 1 amide bonds. The lowest BCUT2D eigenvalue weighted by atomic mass is 10.1. The van der Waals surface area contributed by atoms with Crippen molar-refractivity contribution >= 4 is 21.6 Å². The molecule has 2 aromatic carbocycles.